The molecule has 29 heavy (non-hydrogen) atoms. The highest BCUT2D eigenvalue weighted by Gasteiger charge is 2.46. The number of anilines is 4. The molecule has 0 N–H and O–H groups in total. The Morgan fingerprint density at radius 3 is 1.21 bits per heavy atom. The molecule has 1 aliphatic heterocycles. The molecule has 0 spiro atoms. The fourth-order valence-electron chi connectivity index (χ4n) is 3.07. The van der Waals surface area contributed by atoms with Gasteiger partial charge in [0.05, 0.1) is 11.4 Å². The zero-order chi connectivity index (χ0) is 21.1. The third-order valence-corrected chi connectivity index (χ3v) is 5.83. The van der Waals surface area contributed by atoms with Crippen molar-refractivity contribution < 1.29 is 34.8 Å². The first kappa shape index (κ1) is 19.1. The Bertz CT molecular complexity index is 1130. The number of nitrogens with zero attached hydrogens (tertiary/aromatic N) is 2. The maximum Gasteiger partial charge on any atom is 0.335 e. The Hall–Kier alpha value is -3.21. The summed E-state index contributed by atoms with van der Waals surface area (Å²) in [7, 11) is -5.05. The zero-order valence-electron chi connectivity index (χ0n) is 14.0. The van der Waals surface area contributed by atoms with E-state index in [9.17, 15) is 34.8 Å². The molecular formula is C18H8F6N2O2S. The second-order valence-corrected chi connectivity index (χ2v) is 7.59. The minimum absolute atomic E-state index is 0.161. The molecule has 4 rings (SSSR count). The Labute approximate surface area is 160 Å². The van der Waals surface area contributed by atoms with Gasteiger partial charge in [0.2, 0.25) is 0 Å². The lowest BCUT2D eigenvalue weighted by atomic mass is 10.2. The summed E-state index contributed by atoms with van der Waals surface area (Å²) in [5.74, 6) is -8.79. The summed E-state index contributed by atoms with van der Waals surface area (Å²) in [6.45, 7) is 0. The Balaban J connectivity index is 2.04. The highest BCUT2D eigenvalue weighted by Crippen LogP contribution is 2.50. The lowest BCUT2D eigenvalue weighted by molar-refractivity contribution is 0.541. The molecule has 0 amide bonds. The summed E-state index contributed by atoms with van der Waals surface area (Å²) in [4.78, 5) is 0. The minimum atomic E-state index is -5.05. The summed E-state index contributed by atoms with van der Waals surface area (Å²) in [5.41, 5.74) is -3.02. The highest BCUT2D eigenvalue weighted by atomic mass is 32.2. The SMILES string of the molecule is O=S1(=O)N(c2c(F)cc(F)cc2F)c2ccccc2N1c1c(F)cc(F)cc1F. The van der Waals surface area contributed by atoms with Crippen molar-refractivity contribution in [2.45, 2.75) is 0 Å². The predicted molar refractivity (Wildman–Crippen MR) is 92.3 cm³/mol. The average Bonchev–Trinajstić information content (AvgIpc) is 2.82. The summed E-state index contributed by atoms with van der Waals surface area (Å²) in [5, 5.41) is 0. The van der Waals surface area contributed by atoms with E-state index in [0.717, 1.165) is 12.1 Å². The van der Waals surface area contributed by atoms with Crippen LogP contribution in [0, 0.1) is 34.9 Å². The van der Waals surface area contributed by atoms with E-state index in [-0.39, 0.29) is 44.3 Å². The molecule has 150 valence electrons. The van der Waals surface area contributed by atoms with E-state index in [1.165, 1.54) is 12.1 Å². The van der Waals surface area contributed by atoms with Gasteiger partial charge in [-0.2, -0.15) is 8.42 Å². The van der Waals surface area contributed by atoms with E-state index in [0.29, 0.717) is 0 Å². The average molecular weight is 430 g/mol. The van der Waals surface area contributed by atoms with Crippen LogP contribution >= 0.6 is 0 Å². The number of benzene rings is 3. The number of fused-ring (bicyclic) bond motifs is 1. The molecular weight excluding hydrogens is 422 g/mol. The lowest BCUT2D eigenvalue weighted by Crippen LogP contribution is -2.34. The van der Waals surface area contributed by atoms with Gasteiger partial charge in [-0.15, -0.1) is 0 Å². The van der Waals surface area contributed by atoms with Crippen molar-refractivity contribution >= 4 is 33.0 Å². The third kappa shape index (κ3) is 2.80. The molecule has 0 aliphatic carbocycles. The van der Waals surface area contributed by atoms with E-state index in [1.54, 1.807) is 0 Å². The van der Waals surface area contributed by atoms with Crippen LogP contribution in [0.2, 0.25) is 0 Å². The van der Waals surface area contributed by atoms with Crippen molar-refractivity contribution in [3.63, 3.8) is 0 Å². The number of halogens is 6. The predicted octanol–water partition coefficient (Wildman–Crippen LogP) is 5.06. The summed E-state index contributed by atoms with van der Waals surface area (Å²) >= 11 is 0. The molecule has 3 aromatic carbocycles. The van der Waals surface area contributed by atoms with Crippen molar-refractivity contribution in [1.29, 1.82) is 0 Å². The van der Waals surface area contributed by atoms with Crippen LogP contribution in [-0.2, 0) is 10.2 Å². The van der Waals surface area contributed by atoms with Gasteiger partial charge in [0.1, 0.15) is 23.0 Å². The Kier molecular flexibility index (Phi) is 4.23. The van der Waals surface area contributed by atoms with Gasteiger partial charge in [0.25, 0.3) is 0 Å². The molecule has 1 aliphatic rings. The first-order valence-corrected chi connectivity index (χ1v) is 9.26. The van der Waals surface area contributed by atoms with E-state index in [1.807, 2.05) is 0 Å². The van der Waals surface area contributed by atoms with Gasteiger partial charge >= 0.3 is 10.2 Å². The van der Waals surface area contributed by atoms with Gasteiger partial charge in [0, 0.05) is 24.3 Å². The van der Waals surface area contributed by atoms with Crippen LogP contribution in [0.25, 0.3) is 0 Å². The smallest absolute Gasteiger partial charge is 0.213 e. The molecule has 0 bridgehead atoms. The van der Waals surface area contributed by atoms with Crippen LogP contribution in [0.3, 0.4) is 0 Å². The quantitative estimate of drug-likeness (QED) is 0.534. The van der Waals surface area contributed by atoms with Crippen molar-refractivity contribution in [1.82, 2.24) is 0 Å². The van der Waals surface area contributed by atoms with Crippen molar-refractivity contribution in [2.75, 3.05) is 8.61 Å². The van der Waals surface area contributed by atoms with Crippen LogP contribution < -0.4 is 8.61 Å². The molecule has 0 saturated heterocycles. The monoisotopic (exact) mass is 430 g/mol. The van der Waals surface area contributed by atoms with Crippen molar-refractivity contribution in [2.24, 2.45) is 0 Å². The largest absolute Gasteiger partial charge is 0.335 e. The van der Waals surface area contributed by atoms with Gasteiger partial charge in [-0.1, -0.05) is 12.1 Å². The van der Waals surface area contributed by atoms with Crippen molar-refractivity contribution in [3.05, 3.63) is 83.4 Å². The molecule has 0 atom stereocenters. The maximum absolute atomic E-state index is 14.3. The standard InChI is InChI=1S/C18H8F6N2O2S/c19-9-5-11(21)17(12(22)6-9)25-15-3-1-2-4-16(15)26(29(25,27)28)18-13(23)7-10(20)8-14(18)24/h1-8H. The topological polar surface area (TPSA) is 40.6 Å². The molecule has 0 fully saturated rings. The Morgan fingerprint density at radius 2 is 0.897 bits per heavy atom. The fourth-order valence-corrected chi connectivity index (χ4v) is 4.85. The molecule has 0 aromatic heterocycles. The van der Waals surface area contributed by atoms with E-state index >= 15 is 0 Å². The number of rotatable bonds is 2. The molecule has 3 aromatic rings. The Morgan fingerprint density at radius 1 is 0.586 bits per heavy atom. The maximum atomic E-state index is 14.3. The van der Waals surface area contributed by atoms with Crippen LogP contribution in [0.1, 0.15) is 0 Å². The molecule has 0 saturated carbocycles. The number of para-hydroxylation sites is 2. The minimum Gasteiger partial charge on any atom is -0.213 e. The van der Waals surface area contributed by atoms with Crippen LogP contribution in [0.5, 0.6) is 0 Å². The summed E-state index contributed by atoms with van der Waals surface area (Å²) < 4.78 is 110. The van der Waals surface area contributed by atoms with E-state index in [2.05, 4.69) is 0 Å². The zero-order valence-corrected chi connectivity index (χ0v) is 14.8. The first-order chi connectivity index (χ1) is 13.6. The van der Waals surface area contributed by atoms with Crippen LogP contribution in [0.15, 0.2) is 48.5 Å². The van der Waals surface area contributed by atoms with Gasteiger partial charge in [-0.25, -0.2) is 35.0 Å². The van der Waals surface area contributed by atoms with E-state index in [4.69, 9.17) is 0 Å². The fraction of sp³-hybridized carbons (Fsp3) is 0. The third-order valence-electron chi connectivity index (χ3n) is 4.15. The van der Waals surface area contributed by atoms with Gasteiger partial charge in [0.15, 0.2) is 23.3 Å². The number of hydrogen-bond donors (Lipinski definition) is 0. The molecule has 4 nitrogen and oxygen atoms in total. The summed E-state index contributed by atoms with van der Waals surface area (Å²) in [6, 6.07) is 5.96. The molecule has 11 heteroatoms. The second kappa shape index (κ2) is 6.41. The van der Waals surface area contributed by atoms with Crippen molar-refractivity contribution in [3.8, 4) is 0 Å². The summed E-state index contributed by atoms with van der Waals surface area (Å²) in [6.07, 6.45) is 0. The van der Waals surface area contributed by atoms with Gasteiger partial charge < -0.3 is 0 Å². The number of hydrogen-bond acceptors (Lipinski definition) is 2. The van der Waals surface area contributed by atoms with Gasteiger partial charge in [-0.3, -0.25) is 0 Å². The normalized spacial score (nSPS) is 15.0. The molecule has 1 heterocycles. The van der Waals surface area contributed by atoms with Gasteiger partial charge in [-0.05, 0) is 12.1 Å². The highest BCUT2D eigenvalue weighted by molar-refractivity contribution is 7.95. The molecule has 0 radical (unpaired) electrons. The van der Waals surface area contributed by atoms with Crippen LogP contribution in [0.4, 0.5) is 49.1 Å². The van der Waals surface area contributed by atoms with Crippen LogP contribution in [-0.4, -0.2) is 8.42 Å². The van der Waals surface area contributed by atoms with E-state index < -0.39 is 56.5 Å². The lowest BCUT2D eigenvalue weighted by Gasteiger charge is -2.23. The first-order valence-electron chi connectivity index (χ1n) is 7.86. The second-order valence-electron chi connectivity index (χ2n) is 5.96. The molecule has 0 unspecified atom stereocenters.